The Morgan fingerprint density at radius 3 is 2.38 bits per heavy atom. The van der Waals surface area contributed by atoms with Crippen LogP contribution in [0.25, 0.3) is 0 Å². The summed E-state index contributed by atoms with van der Waals surface area (Å²) in [6, 6.07) is 11.4. The summed E-state index contributed by atoms with van der Waals surface area (Å²) in [4.78, 5) is 0. The van der Waals surface area contributed by atoms with Gasteiger partial charge in [0.05, 0.1) is 20.3 Å². The summed E-state index contributed by atoms with van der Waals surface area (Å²) in [6.07, 6.45) is 0. The molecular weight excluding hydrogens is 400 g/mol. The zero-order chi connectivity index (χ0) is 15.4. The third-order valence-corrected chi connectivity index (χ3v) is 4.40. The molecule has 21 heavy (non-hydrogen) atoms. The van der Waals surface area contributed by atoms with E-state index in [1.807, 2.05) is 36.4 Å². The molecule has 0 aliphatic heterocycles. The number of hydrazine groups is 1. The van der Waals surface area contributed by atoms with Gasteiger partial charge in [-0.15, -0.1) is 0 Å². The lowest BCUT2D eigenvalue weighted by Gasteiger charge is -2.21. The van der Waals surface area contributed by atoms with Crippen LogP contribution in [0, 0.1) is 0 Å². The summed E-state index contributed by atoms with van der Waals surface area (Å²) in [5.41, 5.74) is 4.78. The van der Waals surface area contributed by atoms with E-state index in [4.69, 9.17) is 15.3 Å². The van der Waals surface area contributed by atoms with Crippen molar-refractivity contribution in [1.82, 2.24) is 5.43 Å². The summed E-state index contributed by atoms with van der Waals surface area (Å²) in [5.74, 6) is 7.23. The smallest absolute Gasteiger partial charge is 0.127 e. The molecule has 0 aliphatic carbocycles. The molecule has 3 N–H and O–H groups in total. The zero-order valence-electron chi connectivity index (χ0n) is 11.7. The Morgan fingerprint density at radius 2 is 1.76 bits per heavy atom. The van der Waals surface area contributed by atoms with Crippen LogP contribution in [0.4, 0.5) is 0 Å². The monoisotopic (exact) mass is 414 g/mol. The Labute approximate surface area is 140 Å². The maximum atomic E-state index is 5.78. The van der Waals surface area contributed by atoms with Crippen LogP contribution in [0.3, 0.4) is 0 Å². The number of rotatable bonds is 5. The Morgan fingerprint density at radius 1 is 1.00 bits per heavy atom. The minimum absolute atomic E-state index is 0.210. The molecular formula is C15H16Br2N2O2. The molecule has 2 rings (SSSR count). The summed E-state index contributed by atoms with van der Waals surface area (Å²) in [6.45, 7) is 0. The maximum absolute atomic E-state index is 5.78. The van der Waals surface area contributed by atoms with E-state index >= 15 is 0 Å². The molecule has 0 saturated carbocycles. The van der Waals surface area contributed by atoms with Crippen LogP contribution >= 0.6 is 31.9 Å². The molecule has 0 aliphatic rings. The molecule has 1 atom stereocenters. The summed E-state index contributed by atoms with van der Waals surface area (Å²) in [7, 11) is 3.25. The lowest BCUT2D eigenvalue weighted by atomic mass is 9.98. The third-order valence-electron chi connectivity index (χ3n) is 3.19. The van der Waals surface area contributed by atoms with Gasteiger partial charge in [-0.05, 0) is 35.9 Å². The third kappa shape index (κ3) is 3.58. The number of halogens is 2. The van der Waals surface area contributed by atoms with Gasteiger partial charge in [0.1, 0.15) is 11.5 Å². The second-order valence-electron chi connectivity index (χ2n) is 4.37. The average Bonchev–Trinajstić information content (AvgIpc) is 2.51. The van der Waals surface area contributed by atoms with Gasteiger partial charge in [0, 0.05) is 20.6 Å². The molecule has 112 valence electrons. The number of hydrogen-bond donors (Lipinski definition) is 2. The van der Waals surface area contributed by atoms with Gasteiger partial charge in [0.25, 0.3) is 0 Å². The summed E-state index contributed by atoms with van der Waals surface area (Å²) < 4.78 is 12.6. The molecule has 2 aromatic carbocycles. The van der Waals surface area contributed by atoms with Crippen molar-refractivity contribution >= 4 is 31.9 Å². The molecule has 0 bridgehead atoms. The Balaban J connectivity index is 2.53. The quantitative estimate of drug-likeness (QED) is 0.576. The number of hydrogen-bond acceptors (Lipinski definition) is 4. The van der Waals surface area contributed by atoms with Gasteiger partial charge >= 0.3 is 0 Å². The number of nitrogens with two attached hydrogens (primary N) is 1. The average molecular weight is 416 g/mol. The molecule has 6 heteroatoms. The highest BCUT2D eigenvalue weighted by molar-refractivity contribution is 9.11. The van der Waals surface area contributed by atoms with Gasteiger partial charge in [-0.1, -0.05) is 31.9 Å². The second-order valence-corrected chi connectivity index (χ2v) is 6.14. The lowest BCUT2D eigenvalue weighted by Crippen LogP contribution is -2.29. The largest absolute Gasteiger partial charge is 0.497 e. The normalized spacial score (nSPS) is 12.0. The molecule has 0 saturated heterocycles. The molecule has 4 nitrogen and oxygen atoms in total. The fourth-order valence-corrected chi connectivity index (χ4v) is 2.99. The predicted molar refractivity (Wildman–Crippen MR) is 90.6 cm³/mol. The van der Waals surface area contributed by atoms with Crippen LogP contribution < -0.4 is 20.7 Å². The van der Waals surface area contributed by atoms with Crippen molar-refractivity contribution < 1.29 is 9.47 Å². The van der Waals surface area contributed by atoms with Crippen LogP contribution in [-0.4, -0.2) is 14.2 Å². The predicted octanol–water partition coefficient (Wildman–Crippen LogP) is 3.78. The molecule has 1 unspecified atom stereocenters. The van der Waals surface area contributed by atoms with E-state index in [0.717, 1.165) is 25.8 Å². The van der Waals surface area contributed by atoms with Crippen molar-refractivity contribution in [1.29, 1.82) is 0 Å². The van der Waals surface area contributed by atoms with E-state index in [1.54, 1.807) is 14.2 Å². The maximum Gasteiger partial charge on any atom is 0.127 e. The van der Waals surface area contributed by atoms with E-state index in [1.165, 1.54) is 0 Å². The fraction of sp³-hybridized carbons (Fsp3) is 0.200. The van der Waals surface area contributed by atoms with Crippen molar-refractivity contribution in [3.05, 3.63) is 56.5 Å². The van der Waals surface area contributed by atoms with Crippen LogP contribution in [-0.2, 0) is 0 Å². The molecule has 0 aromatic heterocycles. The molecule has 0 amide bonds. The van der Waals surface area contributed by atoms with Gasteiger partial charge in [0.2, 0.25) is 0 Å². The number of methoxy groups -OCH3 is 2. The highest BCUT2D eigenvalue weighted by atomic mass is 79.9. The minimum atomic E-state index is -0.210. The topological polar surface area (TPSA) is 56.5 Å². The Bertz CT molecular complexity index is 635. The first-order valence-electron chi connectivity index (χ1n) is 6.23. The van der Waals surface area contributed by atoms with Gasteiger partial charge in [-0.2, -0.15) is 0 Å². The van der Waals surface area contributed by atoms with Gasteiger partial charge in [-0.25, -0.2) is 5.43 Å². The highest BCUT2D eigenvalue weighted by Crippen LogP contribution is 2.36. The van der Waals surface area contributed by atoms with Crippen molar-refractivity contribution in [2.75, 3.05) is 14.2 Å². The van der Waals surface area contributed by atoms with Crippen LogP contribution in [0.1, 0.15) is 17.2 Å². The molecule has 0 radical (unpaired) electrons. The Kier molecular flexibility index (Phi) is 5.64. The fourth-order valence-electron chi connectivity index (χ4n) is 2.14. The SMILES string of the molecule is COc1ccc(C(NN)c2cc(Br)ccc2Br)c(OC)c1. The van der Waals surface area contributed by atoms with Crippen molar-refractivity contribution in [3.63, 3.8) is 0 Å². The summed E-state index contributed by atoms with van der Waals surface area (Å²) in [5, 5.41) is 0. The van der Waals surface area contributed by atoms with E-state index < -0.39 is 0 Å². The van der Waals surface area contributed by atoms with Gasteiger partial charge in [0.15, 0.2) is 0 Å². The zero-order valence-corrected chi connectivity index (χ0v) is 14.9. The number of nitrogens with one attached hydrogen (secondary N) is 1. The molecule has 2 aromatic rings. The molecule has 0 fully saturated rings. The minimum Gasteiger partial charge on any atom is -0.497 e. The van der Waals surface area contributed by atoms with Crippen molar-refractivity contribution in [3.8, 4) is 11.5 Å². The van der Waals surface area contributed by atoms with E-state index in [9.17, 15) is 0 Å². The van der Waals surface area contributed by atoms with Crippen molar-refractivity contribution in [2.45, 2.75) is 6.04 Å². The number of benzene rings is 2. The van der Waals surface area contributed by atoms with Gasteiger partial charge < -0.3 is 9.47 Å². The van der Waals surface area contributed by atoms with E-state index in [2.05, 4.69) is 37.3 Å². The first kappa shape index (κ1) is 16.3. The lowest BCUT2D eigenvalue weighted by molar-refractivity contribution is 0.387. The van der Waals surface area contributed by atoms with Crippen LogP contribution in [0.15, 0.2) is 45.3 Å². The Hall–Kier alpha value is -1.08. The van der Waals surface area contributed by atoms with Crippen LogP contribution in [0.2, 0.25) is 0 Å². The van der Waals surface area contributed by atoms with Gasteiger partial charge in [-0.3, -0.25) is 5.84 Å². The summed E-state index contributed by atoms with van der Waals surface area (Å²) >= 11 is 7.05. The van der Waals surface area contributed by atoms with E-state index in [0.29, 0.717) is 5.75 Å². The highest BCUT2D eigenvalue weighted by Gasteiger charge is 2.20. The van der Waals surface area contributed by atoms with Crippen LogP contribution in [0.5, 0.6) is 11.5 Å². The van der Waals surface area contributed by atoms with E-state index in [-0.39, 0.29) is 6.04 Å². The standard InChI is InChI=1S/C15H16Br2N2O2/c1-20-10-4-5-11(14(8-10)21-2)15(19-18)12-7-9(16)3-6-13(12)17/h3-8,15,19H,18H2,1-2H3. The molecule has 0 heterocycles. The van der Waals surface area contributed by atoms with Crippen molar-refractivity contribution in [2.24, 2.45) is 5.84 Å². The second kappa shape index (κ2) is 7.26. The number of ether oxygens (including phenoxy) is 2. The first-order chi connectivity index (χ1) is 10.1. The molecule has 0 spiro atoms. The first-order valence-corrected chi connectivity index (χ1v) is 7.82.